The van der Waals surface area contributed by atoms with Crippen LogP contribution in [0.25, 0.3) is 0 Å². The van der Waals surface area contributed by atoms with Crippen LogP contribution in [0.2, 0.25) is 0 Å². The summed E-state index contributed by atoms with van der Waals surface area (Å²) in [6, 6.07) is 7.31. The van der Waals surface area contributed by atoms with E-state index >= 15 is 0 Å². The van der Waals surface area contributed by atoms with Gasteiger partial charge in [0.1, 0.15) is 11.9 Å². The van der Waals surface area contributed by atoms with Crippen molar-refractivity contribution in [2.45, 2.75) is 20.0 Å². The van der Waals surface area contributed by atoms with E-state index in [0.29, 0.717) is 25.6 Å². The van der Waals surface area contributed by atoms with Crippen LogP contribution in [0.3, 0.4) is 0 Å². The number of guanidine groups is 1. The average molecular weight is 554 g/mol. The molecule has 150 valence electrons. The number of imide groups is 1. The van der Waals surface area contributed by atoms with Crippen molar-refractivity contribution in [1.29, 1.82) is 0 Å². The van der Waals surface area contributed by atoms with Crippen molar-refractivity contribution in [2.75, 3.05) is 32.7 Å². The first-order chi connectivity index (χ1) is 12.5. The molecule has 1 aromatic carbocycles. The molecule has 1 unspecified atom stereocenters. The molecule has 0 aromatic heterocycles. The van der Waals surface area contributed by atoms with Crippen molar-refractivity contribution in [3.63, 3.8) is 0 Å². The van der Waals surface area contributed by atoms with Gasteiger partial charge in [0.15, 0.2) is 5.96 Å². The number of amides is 3. The smallest absolute Gasteiger partial charge is 0.324 e. The van der Waals surface area contributed by atoms with Gasteiger partial charge in [-0.2, -0.15) is 0 Å². The molecular weight excluding hydrogens is 529 g/mol. The summed E-state index contributed by atoms with van der Waals surface area (Å²) in [6.45, 7) is 5.85. The first kappa shape index (κ1) is 23.5. The number of ether oxygens (including phenoxy) is 1. The number of nitrogens with zero attached hydrogens (tertiary/aromatic N) is 2. The Hall–Kier alpha value is -1.56. The number of hydrogen-bond acceptors (Lipinski definition) is 4. The number of urea groups is 1. The highest BCUT2D eigenvalue weighted by Crippen LogP contribution is 2.24. The Balaban J connectivity index is 0.00000364. The van der Waals surface area contributed by atoms with Crippen LogP contribution < -0.4 is 20.7 Å². The highest BCUT2D eigenvalue weighted by molar-refractivity contribution is 14.0. The quantitative estimate of drug-likeness (QED) is 0.198. The van der Waals surface area contributed by atoms with Gasteiger partial charge in [0.05, 0.1) is 17.6 Å². The first-order valence-corrected chi connectivity index (χ1v) is 9.32. The lowest BCUT2D eigenvalue weighted by atomic mass is 10.3. The molecule has 10 heteroatoms. The molecule has 1 atom stereocenters. The molecule has 27 heavy (non-hydrogen) atoms. The number of hydrogen-bond donors (Lipinski definition) is 3. The summed E-state index contributed by atoms with van der Waals surface area (Å²) in [4.78, 5) is 28.7. The number of aliphatic imine (C=N–C) groups is 1. The van der Waals surface area contributed by atoms with Gasteiger partial charge in [0.25, 0.3) is 0 Å². The summed E-state index contributed by atoms with van der Waals surface area (Å²) in [5.41, 5.74) is 0. The summed E-state index contributed by atoms with van der Waals surface area (Å²) in [7, 11) is 0. The average Bonchev–Trinajstić information content (AvgIpc) is 2.93. The largest absolute Gasteiger partial charge is 0.488 e. The fourth-order valence-electron chi connectivity index (χ4n) is 2.32. The van der Waals surface area contributed by atoms with Crippen LogP contribution in [0, 0.1) is 0 Å². The third-order valence-corrected chi connectivity index (χ3v) is 4.24. The monoisotopic (exact) mass is 553 g/mol. The number of para-hydroxylation sites is 1. The van der Waals surface area contributed by atoms with Crippen molar-refractivity contribution in [3.8, 4) is 5.75 Å². The highest BCUT2D eigenvalue weighted by atomic mass is 127. The summed E-state index contributed by atoms with van der Waals surface area (Å²) < 4.78 is 6.77. The second-order valence-corrected chi connectivity index (χ2v) is 6.56. The second kappa shape index (κ2) is 12.0. The van der Waals surface area contributed by atoms with Crippen LogP contribution in [0.1, 0.15) is 13.8 Å². The van der Waals surface area contributed by atoms with Gasteiger partial charge in [-0.05, 0) is 41.9 Å². The number of carbonyl (C=O) groups is 2. The molecule has 1 saturated heterocycles. The standard InChI is InChI=1S/C17H24BrN5O3.HI/c1-3-19-16(20-8-9-23-15(24)11-22-17(23)25)21-10-12(2)26-14-7-5-4-6-13(14)18;/h4-7,12H,3,8-11H2,1-2H3,(H,22,25)(H2,19,20,21);1H. The molecule has 1 aliphatic rings. The van der Waals surface area contributed by atoms with Crippen molar-refractivity contribution < 1.29 is 14.3 Å². The minimum Gasteiger partial charge on any atom is -0.488 e. The van der Waals surface area contributed by atoms with Gasteiger partial charge in [-0.25, -0.2) is 9.79 Å². The van der Waals surface area contributed by atoms with Crippen LogP contribution in [-0.4, -0.2) is 61.6 Å². The maximum atomic E-state index is 11.6. The zero-order valence-electron chi connectivity index (χ0n) is 15.3. The predicted molar refractivity (Wildman–Crippen MR) is 119 cm³/mol. The lowest BCUT2D eigenvalue weighted by Crippen LogP contribution is -2.43. The molecule has 0 saturated carbocycles. The van der Waals surface area contributed by atoms with E-state index in [9.17, 15) is 9.59 Å². The molecule has 0 aliphatic carbocycles. The Morgan fingerprint density at radius 1 is 1.37 bits per heavy atom. The normalized spacial score (nSPS) is 15.1. The fourth-order valence-corrected chi connectivity index (χ4v) is 2.70. The second-order valence-electron chi connectivity index (χ2n) is 5.71. The van der Waals surface area contributed by atoms with E-state index in [4.69, 9.17) is 4.74 Å². The molecule has 1 aromatic rings. The Bertz CT molecular complexity index is 658. The fraction of sp³-hybridized carbons (Fsp3) is 0.471. The Morgan fingerprint density at radius 3 is 2.74 bits per heavy atom. The summed E-state index contributed by atoms with van der Waals surface area (Å²) >= 11 is 3.46. The molecule has 3 amide bonds. The first-order valence-electron chi connectivity index (χ1n) is 8.52. The van der Waals surface area contributed by atoms with Gasteiger partial charge in [-0.1, -0.05) is 12.1 Å². The molecular formula is C17H25BrIN5O3. The van der Waals surface area contributed by atoms with Gasteiger partial charge >= 0.3 is 6.03 Å². The zero-order chi connectivity index (χ0) is 18.9. The van der Waals surface area contributed by atoms with Gasteiger partial charge in [0, 0.05) is 19.6 Å². The third-order valence-electron chi connectivity index (χ3n) is 3.58. The molecule has 1 fully saturated rings. The summed E-state index contributed by atoms with van der Waals surface area (Å²) in [6.07, 6.45) is -0.116. The van der Waals surface area contributed by atoms with Crippen molar-refractivity contribution in [3.05, 3.63) is 28.7 Å². The van der Waals surface area contributed by atoms with Gasteiger partial charge in [-0.15, -0.1) is 24.0 Å². The van der Waals surface area contributed by atoms with Crippen LogP contribution in [0.5, 0.6) is 5.75 Å². The predicted octanol–water partition coefficient (Wildman–Crippen LogP) is 1.94. The van der Waals surface area contributed by atoms with Gasteiger partial charge in [0.2, 0.25) is 5.91 Å². The van der Waals surface area contributed by atoms with E-state index in [1.54, 1.807) is 0 Å². The molecule has 8 nitrogen and oxygen atoms in total. The molecule has 1 aliphatic heterocycles. The van der Waals surface area contributed by atoms with Gasteiger partial charge < -0.3 is 20.7 Å². The third kappa shape index (κ3) is 7.53. The van der Waals surface area contributed by atoms with Crippen molar-refractivity contribution in [1.82, 2.24) is 20.9 Å². The molecule has 0 spiro atoms. The van der Waals surface area contributed by atoms with E-state index < -0.39 is 0 Å². The number of halogens is 2. The summed E-state index contributed by atoms with van der Waals surface area (Å²) in [5, 5.41) is 8.74. The zero-order valence-corrected chi connectivity index (χ0v) is 19.2. The molecule has 2 rings (SSSR count). The molecule has 0 radical (unpaired) electrons. The minimum absolute atomic E-state index is 0. The number of carbonyl (C=O) groups excluding carboxylic acids is 2. The van der Waals surface area contributed by atoms with Crippen LogP contribution >= 0.6 is 39.9 Å². The van der Waals surface area contributed by atoms with E-state index in [2.05, 4.69) is 36.9 Å². The van der Waals surface area contributed by atoms with E-state index in [0.717, 1.165) is 10.2 Å². The maximum absolute atomic E-state index is 11.6. The molecule has 0 bridgehead atoms. The minimum atomic E-state index is -0.353. The van der Waals surface area contributed by atoms with Crippen molar-refractivity contribution in [2.24, 2.45) is 4.99 Å². The molecule has 1 heterocycles. The Kier molecular flexibility index (Phi) is 10.4. The highest BCUT2D eigenvalue weighted by Gasteiger charge is 2.27. The Labute approximate surface area is 184 Å². The summed E-state index contributed by atoms with van der Waals surface area (Å²) in [5.74, 6) is 1.17. The van der Waals surface area contributed by atoms with Crippen molar-refractivity contribution >= 4 is 57.8 Å². The van der Waals surface area contributed by atoms with E-state index in [1.165, 1.54) is 4.90 Å². The lowest BCUT2D eigenvalue weighted by Gasteiger charge is -2.17. The number of benzene rings is 1. The topological polar surface area (TPSA) is 95.1 Å². The number of rotatable bonds is 8. The van der Waals surface area contributed by atoms with Crippen LogP contribution in [-0.2, 0) is 4.79 Å². The Morgan fingerprint density at radius 2 is 2.11 bits per heavy atom. The van der Waals surface area contributed by atoms with Gasteiger partial charge in [-0.3, -0.25) is 9.69 Å². The lowest BCUT2D eigenvalue weighted by molar-refractivity contribution is -0.124. The van der Waals surface area contributed by atoms with E-state index in [-0.39, 0.29) is 55.1 Å². The number of nitrogens with one attached hydrogen (secondary N) is 3. The van der Waals surface area contributed by atoms with E-state index in [1.807, 2.05) is 38.1 Å². The maximum Gasteiger partial charge on any atom is 0.324 e. The van der Waals surface area contributed by atoms with Crippen LogP contribution in [0.4, 0.5) is 4.79 Å². The van der Waals surface area contributed by atoms with Crippen LogP contribution in [0.15, 0.2) is 33.7 Å². The SMILES string of the molecule is CCNC(=NCC(C)Oc1ccccc1Br)NCCN1C(=O)CNC1=O.I. The molecule has 3 N–H and O–H groups in total.